The number of carbonyl (C=O) groups excluding carboxylic acids is 3. The van der Waals surface area contributed by atoms with E-state index in [0.717, 1.165) is 24.0 Å². The second-order valence-electron chi connectivity index (χ2n) is 17.0. The van der Waals surface area contributed by atoms with Crippen LogP contribution in [0.5, 0.6) is 11.5 Å². The molecule has 0 fully saturated rings. The highest BCUT2D eigenvalue weighted by atomic mass is 16.5. The number of Topliss-reactive ketones (excluding diaryl/α,β-unsaturated/α-hetero) is 1. The summed E-state index contributed by atoms with van der Waals surface area (Å²) in [5.74, 6) is -1.96. The normalized spacial score (nSPS) is 18.4. The van der Waals surface area contributed by atoms with E-state index in [2.05, 4.69) is 65.8 Å². The van der Waals surface area contributed by atoms with Crippen LogP contribution in [-0.4, -0.2) is 17.7 Å². The van der Waals surface area contributed by atoms with Crippen LogP contribution in [0.25, 0.3) is 11.0 Å². The number of hydrogen-bond donors (Lipinski definition) is 0. The van der Waals surface area contributed by atoms with Crippen LogP contribution in [0, 0.1) is 10.8 Å². The highest BCUT2D eigenvalue weighted by Crippen LogP contribution is 2.42. The van der Waals surface area contributed by atoms with Gasteiger partial charge in [-0.25, -0.2) is 14.4 Å². The lowest BCUT2D eigenvalue weighted by Crippen LogP contribution is -2.19. The molecule has 58 heavy (non-hydrogen) atoms. The van der Waals surface area contributed by atoms with Crippen molar-refractivity contribution in [3.63, 3.8) is 0 Å². The van der Waals surface area contributed by atoms with Gasteiger partial charge in [0.15, 0.2) is 5.78 Å². The van der Waals surface area contributed by atoms with Crippen LogP contribution in [-0.2, 0) is 9.59 Å². The second kappa shape index (κ2) is 19.7. The van der Waals surface area contributed by atoms with Gasteiger partial charge in [0, 0.05) is 24.3 Å². The fourth-order valence-electron chi connectivity index (χ4n) is 7.57. The van der Waals surface area contributed by atoms with Gasteiger partial charge >= 0.3 is 17.6 Å². The maximum absolute atomic E-state index is 13.2. The summed E-state index contributed by atoms with van der Waals surface area (Å²) in [5, 5.41) is 0.195. The number of carbonyl (C=O) groups is 3. The number of hydrogen-bond acceptors (Lipinski definition) is 7. The molecule has 4 rings (SSSR count). The lowest BCUT2D eigenvalue weighted by Gasteiger charge is -2.33. The molecule has 7 nitrogen and oxygen atoms in total. The van der Waals surface area contributed by atoms with Gasteiger partial charge in [0.05, 0.1) is 5.39 Å². The molecule has 0 amide bonds. The molecule has 1 aromatic heterocycles. The van der Waals surface area contributed by atoms with Crippen LogP contribution < -0.4 is 15.1 Å². The maximum Gasteiger partial charge on any atom is 0.347 e. The van der Waals surface area contributed by atoms with Crippen molar-refractivity contribution in [1.82, 2.24) is 0 Å². The summed E-state index contributed by atoms with van der Waals surface area (Å²) >= 11 is 0. The summed E-state index contributed by atoms with van der Waals surface area (Å²) in [6, 6.07) is 4.01. The van der Waals surface area contributed by atoms with Crippen LogP contribution >= 0.6 is 0 Å². The first-order chi connectivity index (χ1) is 27.2. The SMILES string of the molecule is CC(=O)c1cc2c(OC(=O)C=C(C)C=CC=C(C)C=CC3=C(C)CCCC3(C)C)cc(OC(=O)C=C(C)C=CC=C(C)C=CC3=C(C)CCCC3(C)C)cc2oc1=O. The third-order valence-electron chi connectivity index (χ3n) is 10.8. The zero-order valence-corrected chi connectivity index (χ0v) is 36.3. The Balaban J connectivity index is 1.49. The highest BCUT2D eigenvalue weighted by Gasteiger charge is 2.27. The maximum atomic E-state index is 13.2. The fraction of sp³-hybridized carbons (Fsp3) is 0.373. The number of allylic oxidation sites excluding steroid dienone is 18. The summed E-state index contributed by atoms with van der Waals surface area (Å²) in [5.41, 5.74) is 8.33. The lowest BCUT2D eigenvalue weighted by molar-refractivity contribution is -0.129. The summed E-state index contributed by atoms with van der Waals surface area (Å²) < 4.78 is 16.7. The minimum absolute atomic E-state index is 0.0139. The molecular formula is C51H60O7. The van der Waals surface area contributed by atoms with Gasteiger partial charge in [0.1, 0.15) is 22.6 Å². The Morgan fingerprint density at radius 2 is 1.14 bits per heavy atom. The van der Waals surface area contributed by atoms with E-state index in [4.69, 9.17) is 13.9 Å². The standard InChI is InChI=1S/C51H60O7/c1-33(22-24-43-37(5)20-14-26-50(43,8)9)16-12-18-35(3)28-47(53)56-40-30-45(42-32-41(39(7)52)49(55)58-46(42)31-40)57-48(54)29-36(4)19-13-17-34(2)23-25-44-38(6)21-15-27-51(44,10)11/h12-13,16-19,22-25,28-32H,14-15,20-21,26-27H2,1-11H3. The number of benzene rings is 1. The third-order valence-corrected chi connectivity index (χ3v) is 10.8. The highest BCUT2D eigenvalue weighted by molar-refractivity contribution is 5.99. The molecule has 2 aliphatic rings. The van der Waals surface area contributed by atoms with E-state index in [9.17, 15) is 19.2 Å². The molecule has 306 valence electrons. The zero-order chi connectivity index (χ0) is 42.8. The predicted octanol–water partition coefficient (Wildman–Crippen LogP) is 12.9. The Labute approximate surface area is 344 Å². The molecule has 7 heteroatoms. The first-order valence-corrected chi connectivity index (χ1v) is 20.2. The molecule has 2 aliphatic carbocycles. The van der Waals surface area contributed by atoms with Crippen molar-refractivity contribution in [1.29, 1.82) is 0 Å². The van der Waals surface area contributed by atoms with Crippen molar-refractivity contribution in [3.05, 3.63) is 152 Å². The van der Waals surface area contributed by atoms with Gasteiger partial charge in [-0.05, 0) is 126 Å². The topological polar surface area (TPSA) is 99.9 Å². The number of esters is 2. The second-order valence-corrected chi connectivity index (χ2v) is 17.0. The minimum Gasteiger partial charge on any atom is -0.423 e. The smallest absolute Gasteiger partial charge is 0.347 e. The summed E-state index contributed by atoms with van der Waals surface area (Å²) in [4.78, 5) is 50.9. The van der Waals surface area contributed by atoms with Crippen LogP contribution in [0.1, 0.15) is 125 Å². The Hall–Kier alpha value is -5.56. The number of fused-ring (bicyclic) bond motifs is 1. The van der Waals surface area contributed by atoms with Gasteiger partial charge in [0.25, 0.3) is 0 Å². The molecule has 0 saturated carbocycles. The van der Waals surface area contributed by atoms with Crippen LogP contribution in [0.2, 0.25) is 0 Å². The van der Waals surface area contributed by atoms with Crippen molar-refractivity contribution >= 4 is 28.7 Å². The average Bonchev–Trinajstić information content (AvgIpc) is 3.10. The zero-order valence-electron chi connectivity index (χ0n) is 36.3. The average molecular weight is 785 g/mol. The van der Waals surface area contributed by atoms with Crippen molar-refractivity contribution in [3.8, 4) is 11.5 Å². The molecule has 0 aliphatic heterocycles. The van der Waals surface area contributed by atoms with E-state index in [-0.39, 0.29) is 38.9 Å². The number of ketones is 1. The Morgan fingerprint density at radius 3 is 1.60 bits per heavy atom. The molecule has 0 saturated heterocycles. The summed E-state index contributed by atoms with van der Waals surface area (Å²) in [6.07, 6.45) is 29.7. The monoisotopic (exact) mass is 784 g/mol. The summed E-state index contributed by atoms with van der Waals surface area (Å²) in [7, 11) is 0. The van der Waals surface area contributed by atoms with Gasteiger partial charge in [0.2, 0.25) is 0 Å². The van der Waals surface area contributed by atoms with Crippen molar-refractivity contribution < 1.29 is 28.3 Å². The quantitative estimate of drug-likeness (QED) is 0.0498. The molecule has 0 N–H and O–H groups in total. The van der Waals surface area contributed by atoms with E-state index >= 15 is 0 Å². The molecule has 1 aromatic carbocycles. The third kappa shape index (κ3) is 12.7. The Bertz CT molecular complexity index is 2320. The molecule has 0 bridgehead atoms. The first-order valence-electron chi connectivity index (χ1n) is 20.2. The number of rotatable bonds is 13. The van der Waals surface area contributed by atoms with Crippen molar-refractivity contribution in [2.75, 3.05) is 0 Å². The molecule has 0 radical (unpaired) electrons. The van der Waals surface area contributed by atoms with Crippen LogP contribution in [0.4, 0.5) is 0 Å². The van der Waals surface area contributed by atoms with E-state index in [1.165, 1.54) is 85.3 Å². The van der Waals surface area contributed by atoms with E-state index < -0.39 is 23.3 Å². The van der Waals surface area contributed by atoms with Gasteiger partial charge in [-0.1, -0.05) is 111 Å². The molecule has 0 atom stereocenters. The summed E-state index contributed by atoms with van der Waals surface area (Å²) in [6.45, 7) is 22.5. The van der Waals surface area contributed by atoms with E-state index in [1.54, 1.807) is 26.0 Å². The molecule has 0 unspecified atom stereocenters. The molecular weight excluding hydrogens is 725 g/mol. The van der Waals surface area contributed by atoms with Gasteiger partial charge in [-0.15, -0.1) is 0 Å². The lowest BCUT2D eigenvalue weighted by atomic mass is 9.72. The fourth-order valence-corrected chi connectivity index (χ4v) is 7.57. The molecule has 0 spiro atoms. The number of ether oxygens (including phenoxy) is 2. The first kappa shape index (κ1) is 45.1. The van der Waals surface area contributed by atoms with Gasteiger partial charge < -0.3 is 13.9 Å². The van der Waals surface area contributed by atoms with Crippen molar-refractivity contribution in [2.45, 2.75) is 115 Å². The van der Waals surface area contributed by atoms with E-state index in [1.807, 2.05) is 38.2 Å². The Kier molecular flexibility index (Phi) is 15.4. The van der Waals surface area contributed by atoms with Crippen LogP contribution in [0.3, 0.4) is 0 Å². The van der Waals surface area contributed by atoms with Gasteiger partial charge in [-0.3, -0.25) is 4.79 Å². The largest absolute Gasteiger partial charge is 0.423 e. The predicted molar refractivity (Wildman–Crippen MR) is 236 cm³/mol. The Morgan fingerprint density at radius 1 is 0.655 bits per heavy atom. The molecule has 2 aromatic rings. The van der Waals surface area contributed by atoms with Gasteiger partial charge in [-0.2, -0.15) is 0 Å². The molecule has 1 heterocycles. The van der Waals surface area contributed by atoms with E-state index in [0.29, 0.717) is 11.1 Å². The minimum atomic E-state index is -0.859. The van der Waals surface area contributed by atoms with Crippen LogP contribution in [0.15, 0.2) is 145 Å². The van der Waals surface area contributed by atoms with Crippen molar-refractivity contribution in [2.24, 2.45) is 10.8 Å².